The smallest absolute Gasteiger partial charge is 0.188 e. The molecule has 0 saturated carbocycles. The molecule has 2 heteroatoms. The molecule has 2 N–H and O–H groups in total. The van der Waals surface area contributed by atoms with Crippen molar-refractivity contribution < 1.29 is 4.79 Å². The van der Waals surface area contributed by atoms with Crippen molar-refractivity contribution in [3.8, 4) is 0 Å². The van der Waals surface area contributed by atoms with Crippen LogP contribution in [0, 0.1) is 0 Å². The van der Waals surface area contributed by atoms with Gasteiger partial charge in [0.05, 0.1) is 0 Å². The predicted octanol–water partition coefficient (Wildman–Crippen LogP) is 2.56. The van der Waals surface area contributed by atoms with Crippen molar-refractivity contribution in [2.75, 3.05) is 5.73 Å². The van der Waals surface area contributed by atoms with E-state index in [1.807, 2.05) is 18.2 Å². The number of Topliss-reactive ketones (excluding diaryl/α,β-unsaturated/α-hetero) is 1. The average molecular weight is 187 g/mol. The Bertz CT molecular complexity index is 393. The average Bonchev–Trinajstić information content (AvgIpc) is 2.69. The molecule has 0 heterocycles. The second-order valence-corrected chi connectivity index (χ2v) is 3.58. The van der Waals surface area contributed by atoms with Gasteiger partial charge in [-0.2, -0.15) is 0 Å². The first-order valence-corrected chi connectivity index (χ1v) is 4.86. The zero-order valence-electron chi connectivity index (χ0n) is 7.99. The number of carbonyl (C=O) groups excluding carboxylic acids is 1. The lowest BCUT2D eigenvalue weighted by Crippen LogP contribution is -2.02. The van der Waals surface area contributed by atoms with E-state index in [1.54, 1.807) is 12.1 Å². The van der Waals surface area contributed by atoms with E-state index in [9.17, 15) is 4.79 Å². The third kappa shape index (κ3) is 1.69. The van der Waals surface area contributed by atoms with Gasteiger partial charge in [-0.05, 0) is 37.0 Å². The van der Waals surface area contributed by atoms with Crippen LogP contribution in [0.1, 0.15) is 29.6 Å². The number of rotatable bonds is 2. The summed E-state index contributed by atoms with van der Waals surface area (Å²) in [6.07, 6.45) is 5.08. The molecule has 14 heavy (non-hydrogen) atoms. The third-order valence-corrected chi connectivity index (χ3v) is 2.48. The monoisotopic (exact) mass is 187 g/mol. The van der Waals surface area contributed by atoms with E-state index in [2.05, 4.69) is 0 Å². The van der Waals surface area contributed by atoms with Crippen molar-refractivity contribution in [2.24, 2.45) is 0 Å². The lowest BCUT2D eigenvalue weighted by atomic mass is 10.0. The normalized spacial score (nSPS) is 15.3. The number of carbonyl (C=O) groups is 1. The highest BCUT2D eigenvalue weighted by Gasteiger charge is 2.14. The molecule has 0 aliphatic heterocycles. The highest BCUT2D eigenvalue weighted by Crippen LogP contribution is 2.22. The first kappa shape index (κ1) is 9.00. The van der Waals surface area contributed by atoms with E-state index in [-0.39, 0.29) is 5.78 Å². The molecule has 0 aromatic heterocycles. The van der Waals surface area contributed by atoms with Crippen LogP contribution in [0.5, 0.6) is 0 Å². The Balaban J connectivity index is 2.27. The van der Waals surface area contributed by atoms with Crippen LogP contribution in [0.3, 0.4) is 0 Å². The Morgan fingerprint density at radius 1 is 1.36 bits per heavy atom. The van der Waals surface area contributed by atoms with Gasteiger partial charge >= 0.3 is 0 Å². The van der Waals surface area contributed by atoms with Gasteiger partial charge in [-0.15, -0.1) is 0 Å². The van der Waals surface area contributed by atoms with Crippen molar-refractivity contribution in [3.05, 3.63) is 41.5 Å². The first-order chi connectivity index (χ1) is 6.77. The van der Waals surface area contributed by atoms with Gasteiger partial charge < -0.3 is 5.73 Å². The largest absolute Gasteiger partial charge is 0.399 e. The number of ketones is 1. The molecule has 0 atom stereocenters. The number of nitrogens with two attached hydrogens (primary N) is 1. The van der Waals surface area contributed by atoms with Crippen molar-refractivity contribution in [1.82, 2.24) is 0 Å². The topological polar surface area (TPSA) is 43.1 Å². The summed E-state index contributed by atoms with van der Waals surface area (Å²) in [4.78, 5) is 11.9. The van der Waals surface area contributed by atoms with Crippen LogP contribution >= 0.6 is 0 Å². The molecule has 0 unspecified atom stereocenters. The summed E-state index contributed by atoms with van der Waals surface area (Å²) < 4.78 is 0. The molecule has 72 valence electrons. The van der Waals surface area contributed by atoms with E-state index in [4.69, 9.17) is 5.73 Å². The molecule has 2 rings (SSSR count). The summed E-state index contributed by atoms with van der Waals surface area (Å²) in [6.45, 7) is 0. The van der Waals surface area contributed by atoms with E-state index in [0.717, 1.165) is 24.8 Å². The van der Waals surface area contributed by atoms with Gasteiger partial charge in [0.1, 0.15) is 0 Å². The van der Waals surface area contributed by atoms with Gasteiger partial charge in [0, 0.05) is 11.3 Å². The summed E-state index contributed by atoms with van der Waals surface area (Å²) >= 11 is 0. The van der Waals surface area contributed by atoms with Crippen LogP contribution < -0.4 is 5.73 Å². The molecule has 0 radical (unpaired) electrons. The zero-order chi connectivity index (χ0) is 9.97. The summed E-state index contributed by atoms with van der Waals surface area (Å²) in [5.74, 6) is 0.134. The molecule has 1 aromatic rings. The first-order valence-electron chi connectivity index (χ1n) is 4.86. The SMILES string of the molecule is Nc1cccc(C(=O)C2=CCCC2)c1. The molecule has 0 amide bonds. The lowest BCUT2D eigenvalue weighted by molar-refractivity contribution is 0.103. The maximum atomic E-state index is 11.9. The van der Waals surface area contributed by atoms with Gasteiger partial charge in [0.2, 0.25) is 0 Å². The minimum absolute atomic E-state index is 0.134. The van der Waals surface area contributed by atoms with Crippen LogP contribution in [-0.4, -0.2) is 5.78 Å². The molecular weight excluding hydrogens is 174 g/mol. The number of hydrogen-bond donors (Lipinski definition) is 1. The highest BCUT2D eigenvalue weighted by atomic mass is 16.1. The maximum absolute atomic E-state index is 11.9. The summed E-state index contributed by atoms with van der Waals surface area (Å²) in [7, 11) is 0. The van der Waals surface area contributed by atoms with Gasteiger partial charge in [-0.1, -0.05) is 18.2 Å². The minimum Gasteiger partial charge on any atom is -0.399 e. The highest BCUT2D eigenvalue weighted by molar-refractivity contribution is 6.09. The molecule has 1 aliphatic rings. The Labute approximate surface area is 83.4 Å². The fraction of sp³-hybridized carbons (Fsp3) is 0.250. The number of anilines is 1. The van der Waals surface area contributed by atoms with Gasteiger partial charge in [-0.3, -0.25) is 4.79 Å². The fourth-order valence-electron chi connectivity index (χ4n) is 1.74. The standard InChI is InChI=1S/C12H13NO/c13-11-7-3-6-10(8-11)12(14)9-4-1-2-5-9/h3-4,6-8H,1-2,5,13H2. The number of nitrogen functional groups attached to an aromatic ring is 1. The second-order valence-electron chi connectivity index (χ2n) is 3.58. The van der Waals surface area contributed by atoms with Gasteiger partial charge in [-0.25, -0.2) is 0 Å². The number of allylic oxidation sites excluding steroid dienone is 2. The Kier molecular flexibility index (Phi) is 2.35. The Hall–Kier alpha value is -1.57. The number of hydrogen-bond acceptors (Lipinski definition) is 2. The van der Waals surface area contributed by atoms with E-state index in [1.165, 1.54) is 0 Å². The second kappa shape index (κ2) is 3.66. The van der Waals surface area contributed by atoms with Gasteiger partial charge in [0.25, 0.3) is 0 Å². The lowest BCUT2D eigenvalue weighted by Gasteiger charge is -2.02. The van der Waals surface area contributed by atoms with Crippen molar-refractivity contribution in [1.29, 1.82) is 0 Å². The van der Waals surface area contributed by atoms with Crippen LogP contribution in [0.2, 0.25) is 0 Å². The quantitative estimate of drug-likeness (QED) is 0.571. The summed E-state index contributed by atoms with van der Waals surface area (Å²) in [5.41, 5.74) is 7.92. The zero-order valence-corrected chi connectivity index (χ0v) is 7.99. The molecular formula is C12H13NO. The van der Waals surface area contributed by atoms with E-state index >= 15 is 0 Å². The van der Waals surface area contributed by atoms with Crippen LogP contribution in [0.4, 0.5) is 5.69 Å². The molecule has 0 fully saturated rings. The third-order valence-electron chi connectivity index (χ3n) is 2.48. The summed E-state index contributed by atoms with van der Waals surface area (Å²) in [6, 6.07) is 7.16. The van der Waals surface area contributed by atoms with E-state index < -0.39 is 0 Å². The fourth-order valence-corrected chi connectivity index (χ4v) is 1.74. The van der Waals surface area contributed by atoms with Crippen molar-refractivity contribution in [3.63, 3.8) is 0 Å². The molecule has 1 aromatic carbocycles. The predicted molar refractivity (Wildman–Crippen MR) is 57.1 cm³/mol. The Morgan fingerprint density at radius 2 is 2.21 bits per heavy atom. The molecule has 1 aliphatic carbocycles. The van der Waals surface area contributed by atoms with Crippen LogP contribution in [0.15, 0.2) is 35.9 Å². The summed E-state index contributed by atoms with van der Waals surface area (Å²) in [5, 5.41) is 0. The Morgan fingerprint density at radius 3 is 2.86 bits per heavy atom. The molecule has 0 spiro atoms. The van der Waals surface area contributed by atoms with Crippen molar-refractivity contribution >= 4 is 11.5 Å². The van der Waals surface area contributed by atoms with Crippen LogP contribution in [-0.2, 0) is 0 Å². The number of benzene rings is 1. The van der Waals surface area contributed by atoms with Gasteiger partial charge in [0.15, 0.2) is 5.78 Å². The maximum Gasteiger partial charge on any atom is 0.188 e. The molecule has 0 saturated heterocycles. The molecule has 2 nitrogen and oxygen atoms in total. The van der Waals surface area contributed by atoms with E-state index in [0.29, 0.717) is 11.3 Å². The minimum atomic E-state index is 0.134. The molecule has 0 bridgehead atoms. The van der Waals surface area contributed by atoms with Crippen molar-refractivity contribution in [2.45, 2.75) is 19.3 Å². The van der Waals surface area contributed by atoms with Crippen LogP contribution in [0.25, 0.3) is 0 Å².